The van der Waals surface area contributed by atoms with Crippen molar-refractivity contribution in [2.24, 2.45) is 5.41 Å². The number of pyridine rings is 2. The van der Waals surface area contributed by atoms with Gasteiger partial charge in [0.15, 0.2) is 11.9 Å². The second-order valence-corrected chi connectivity index (χ2v) is 11.7. The second-order valence-electron chi connectivity index (χ2n) is 11.7. The number of aryl methyl sites for hydroxylation is 1. The summed E-state index contributed by atoms with van der Waals surface area (Å²) in [5, 5.41) is 10.2. The molecular weight excluding hydrogens is 473 g/mol. The first-order chi connectivity index (χ1) is 17.3. The van der Waals surface area contributed by atoms with Crippen molar-refractivity contribution in [3.63, 3.8) is 0 Å². The van der Waals surface area contributed by atoms with Crippen LogP contribution in [0.4, 0.5) is 10.1 Å². The number of halogens is 1. The Kier molecular flexibility index (Phi) is 9.16. The predicted molar refractivity (Wildman–Crippen MR) is 144 cm³/mol. The molecule has 2 aromatic rings. The van der Waals surface area contributed by atoms with Gasteiger partial charge in [0.1, 0.15) is 0 Å². The molecule has 7 nitrogen and oxygen atoms in total. The number of aromatic nitrogens is 2. The lowest BCUT2D eigenvalue weighted by molar-refractivity contribution is -0.160. The van der Waals surface area contributed by atoms with E-state index in [2.05, 4.69) is 35.6 Å². The third kappa shape index (κ3) is 7.40. The maximum absolute atomic E-state index is 15.1. The molecule has 1 aliphatic heterocycles. The summed E-state index contributed by atoms with van der Waals surface area (Å²) in [5.41, 5.74) is 2.44. The van der Waals surface area contributed by atoms with Crippen LogP contribution in [0.1, 0.15) is 91.0 Å². The number of carboxylic acids is 1. The van der Waals surface area contributed by atoms with E-state index >= 15 is 4.39 Å². The van der Waals surface area contributed by atoms with Crippen molar-refractivity contribution in [3.05, 3.63) is 35.5 Å². The highest BCUT2D eigenvalue weighted by Gasteiger charge is 2.36. The normalized spacial score (nSPS) is 16.5. The maximum Gasteiger partial charge on any atom is 0.337 e. The molecule has 0 aliphatic carbocycles. The zero-order valence-electron chi connectivity index (χ0n) is 23.4. The Labute approximate surface area is 220 Å². The van der Waals surface area contributed by atoms with Gasteiger partial charge in [0, 0.05) is 47.9 Å². The zero-order valence-corrected chi connectivity index (χ0v) is 23.4. The van der Waals surface area contributed by atoms with Gasteiger partial charge in [-0.25, -0.2) is 14.2 Å². The van der Waals surface area contributed by atoms with Gasteiger partial charge in [0.25, 0.3) is 0 Å². The first kappa shape index (κ1) is 28.8. The van der Waals surface area contributed by atoms with Gasteiger partial charge in [0.05, 0.1) is 17.9 Å². The standard InChI is InChI=1S/C29H42FN3O4/c1-8-9-10-15-36-26-22(30)16-20(17-32-26)21-18-31-19(2)23(25(27(34)35)37-28(3,4)5)24(21)33-13-11-29(6,7)12-14-33/h16-18,25H,8-15H2,1-7H3,(H,34,35). The van der Waals surface area contributed by atoms with Crippen LogP contribution in [-0.2, 0) is 9.53 Å². The predicted octanol–water partition coefficient (Wildman–Crippen LogP) is 6.73. The number of hydrogen-bond acceptors (Lipinski definition) is 6. The van der Waals surface area contributed by atoms with E-state index in [0.717, 1.165) is 50.9 Å². The van der Waals surface area contributed by atoms with Crippen LogP contribution >= 0.6 is 0 Å². The van der Waals surface area contributed by atoms with Crippen molar-refractivity contribution in [2.45, 2.75) is 92.3 Å². The minimum atomic E-state index is -1.23. The highest BCUT2D eigenvalue weighted by molar-refractivity contribution is 5.86. The van der Waals surface area contributed by atoms with Crippen molar-refractivity contribution in [2.75, 3.05) is 24.6 Å². The Hall–Kier alpha value is -2.74. The van der Waals surface area contributed by atoms with Crippen molar-refractivity contribution in [3.8, 4) is 17.0 Å². The Morgan fingerprint density at radius 3 is 2.43 bits per heavy atom. The van der Waals surface area contributed by atoms with Crippen LogP contribution in [0.15, 0.2) is 18.5 Å². The molecule has 204 valence electrons. The van der Waals surface area contributed by atoms with Crippen LogP contribution in [0.5, 0.6) is 5.88 Å². The smallest absolute Gasteiger partial charge is 0.337 e. The number of aliphatic carboxylic acids is 1. The number of hydrogen-bond donors (Lipinski definition) is 1. The molecule has 0 saturated carbocycles. The fourth-order valence-corrected chi connectivity index (χ4v) is 4.60. The van der Waals surface area contributed by atoms with Gasteiger partial charge in [-0.05, 0) is 58.4 Å². The average molecular weight is 516 g/mol. The van der Waals surface area contributed by atoms with Crippen LogP contribution < -0.4 is 9.64 Å². The van der Waals surface area contributed by atoms with Crippen molar-refractivity contribution >= 4 is 11.7 Å². The molecule has 1 unspecified atom stereocenters. The fraction of sp³-hybridized carbons (Fsp3) is 0.621. The lowest BCUT2D eigenvalue weighted by Crippen LogP contribution is -2.39. The summed E-state index contributed by atoms with van der Waals surface area (Å²) in [4.78, 5) is 23.5. The number of unbranched alkanes of at least 4 members (excludes halogenated alkanes) is 2. The number of piperidine rings is 1. The molecule has 2 aromatic heterocycles. The Bertz CT molecular complexity index is 1090. The number of rotatable bonds is 10. The number of ether oxygens (including phenoxy) is 2. The van der Waals surface area contributed by atoms with Gasteiger partial charge in [0.2, 0.25) is 5.88 Å². The molecule has 1 N–H and O–H groups in total. The summed E-state index contributed by atoms with van der Waals surface area (Å²) in [6.45, 7) is 15.8. The van der Waals surface area contributed by atoms with Crippen LogP contribution in [0, 0.1) is 18.2 Å². The Morgan fingerprint density at radius 1 is 1.19 bits per heavy atom. The number of anilines is 1. The minimum absolute atomic E-state index is 0.0269. The molecule has 1 atom stereocenters. The summed E-state index contributed by atoms with van der Waals surface area (Å²) >= 11 is 0. The molecule has 3 heterocycles. The van der Waals surface area contributed by atoms with Gasteiger partial charge in [-0.3, -0.25) is 4.98 Å². The monoisotopic (exact) mass is 515 g/mol. The van der Waals surface area contributed by atoms with Crippen LogP contribution in [0.2, 0.25) is 0 Å². The third-order valence-corrected chi connectivity index (χ3v) is 6.78. The van der Waals surface area contributed by atoms with E-state index < -0.39 is 23.5 Å². The second kappa shape index (κ2) is 11.8. The molecule has 0 bridgehead atoms. The number of carbonyl (C=O) groups is 1. The topological polar surface area (TPSA) is 84.8 Å². The van der Waals surface area contributed by atoms with Gasteiger partial charge >= 0.3 is 5.97 Å². The van der Waals surface area contributed by atoms with E-state index in [4.69, 9.17) is 9.47 Å². The van der Waals surface area contributed by atoms with E-state index in [-0.39, 0.29) is 11.3 Å². The van der Waals surface area contributed by atoms with Crippen molar-refractivity contribution in [1.82, 2.24) is 9.97 Å². The van der Waals surface area contributed by atoms with Crippen LogP contribution in [0.25, 0.3) is 11.1 Å². The van der Waals surface area contributed by atoms with E-state index in [9.17, 15) is 9.90 Å². The SMILES string of the molecule is CCCCCOc1ncc(-c2cnc(C)c(C(OC(C)(C)C)C(=O)O)c2N2CCC(C)(C)CC2)cc1F. The van der Waals surface area contributed by atoms with Gasteiger partial charge in [-0.2, -0.15) is 0 Å². The lowest BCUT2D eigenvalue weighted by Gasteiger charge is -2.40. The third-order valence-electron chi connectivity index (χ3n) is 6.78. The molecule has 0 aromatic carbocycles. The van der Waals surface area contributed by atoms with E-state index in [1.54, 1.807) is 19.3 Å². The summed E-state index contributed by atoms with van der Waals surface area (Å²) in [5.74, 6) is -1.67. The van der Waals surface area contributed by atoms with Crippen molar-refractivity contribution in [1.29, 1.82) is 0 Å². The molecule has 37 heavy (non-hydrogen) atoms. The van der Waals surface area contributed by atoms with Crippen LogP contribution in [-0.4, -0.2) is 46.3 Å². The van der Waals surface area contributed by atoms with Crippen molar-refractivity contribution < 1.29 is 23.8 Å². The van der Waals surface area contributed by atoms with Gasteiger partial charge in [-0.1, -0.05) is 33.6 Å². The van der Waals surface area contributed by atoms with E-state index in [1.165, 1.54) is 6.07 Å². The molecule has 3 rings (SSSR count). The Balaban J connectivity index is 2.12. The molecule has 0 radical (unpaired) electrons. The molecule has 8 heteroatoms. The quantitative estimate of drug-likeness (QED) is 0.351. The minimum Gasteiger partial charge on any atom is -0.479 e. The highest BCUT2D eigenvalue weighted by atomic mass is 19.1. The summed E-state index contributed by atoms with van der Waals surface area (Å²) in [6.07, 6.45) is 6.82. The van der Waals surface area contributed by atoms with E-state index in [1.807, 2.05) is 20.8 Å². The molecule has 0 amide bonds. The van der Waals surface area contributed by atoms with E-state index in [0.29, 0.717) is 29.0 Å². The largest absolute Gasteiger partial charge is 0.479 e. The number of nitrogens with zero attached hydrogens (tertiary/aromatic N) is 3. The van der Waals surface area contributed by atoms with Gasteiger partial charge < -0.3 is 19.5 Å². The number of carboxylic acid groups (broad SMARTS) is 1. The zero-order chi connectivity index (χ0) is 27.4. The fourth-order valence-electron chi connectivity index (χ4n) is 4.60. The molecule has 1 fully saturated rings. The molecular formula is C29H42FN3O4. The lowest BCUT2D eigenvalue weighted by atomic mass is 9.82. The molecule has 1 saturated heterocycles. The van der Waals surface area contributed by atoms with Gasteiger partial charge in [-0.15, -0.1) is 0 Å². The summed E-state index contributed by atoms with van der Waals surface area (Å²) in [7, 11) is 0. The molecule has 0 spiro atoms. The molecule has 1 aliphatic rings. The summed E-state index contributed by atoms with van der Waals surface area (Å²) < 4.78 is 26.7. The van der Waals surface area contributed by atoms with Crippen LogP contribution in [0.3, 0.4) is 0 Å². The average Bonchev–Trinajstić information content (AvgIpc) is 2.80. The Morgan fingerprint density at radius 2 is 1.86 bits per heavy atom. The first-order valence-corrected chi connectivity index (χ1v) is 13.3. The first-order valence-electron chi connectivity index (χ1n) is 13.3. The summed E-state index contributed by atoms with van der Waals surface area (Å²) in [6, 6.07) is 1.40. The maximum atomic E-state index is 15.1. The highest BCUT2D eigenvalue weighted by Crippen LogP contribution is 2.43.